The van der Waals surface area contributed by atoms with E-state index >= 15 is 0 Å². The molecule has 0 aliphatic heterocycles. The second-order valence-corrected chi connectivity index (χ2v) is 2.66. The van der Waals surface area contributed by atoms with Gasteiger partial charge in [0, 0.05) is 0 Å². The molecule has 0 amide bonds. The second-order valence-electron chi connectivity index (χ2n) is 2.66. The van der Waals surface area contributed by atoms with Gasteiger partial charge in [0.15, 0.2) is 0 Å². The first kappa shape index (κ1) is 10.4. The van der Waals surface area contributed by atoms with Crippen LogP contribution in [-0.4, -0.2) is 15.0 Å². The van der Waals surface area contributed by atoms with Crippen molar-refractivity contribution in [3.8, 4) is 5.69 Å². The highest BCUT2D eigenvalue weighted by Crippen LogP contribution is 2.06. The zero-order chi connectivity index (χ0) is 10.4. The van der Waals surface area contributed by atoms with Gasteiger partial charge < -0.3 is 0 Å². The predicted octanol–water partition coefficient (Wildman–Crippen LogP) is 2.60. The normalized spacial score (nSPS) is 9.07. The van der Waals surface area contributed by atoms with Crippen LogP contribution in [0.3, 0.4) is 0 Å². The lowest BCUT2D eigenvalue weighted by atomic mass is 10.2. The number of aryl methyl sites for hydroxylation is 1. The number of benzene rings is 1. The third-order valence-corrected chi connectivity index (χ3v) is 1.65. The lowest BCUT2D eigenvalue weighted by Gasteiger charge is -1.99. The van der Waals surface area contributed by atoms with E-state index in [2.05, 4.69) is 10.2 Å². The lowest BCUT2D eigenvalue weighted by Crippen LogP contribution is -1.97. The summed E-state index contributed by atoms with van der Waals surface area (Å²) in [6, 6.07) is 8.06. The monoisotopic (exact) mass is 189 g/mol. The summed E-state index contributed by atoms with van der Waals surface area (Å²) in [5, 5.41) is 8.07. The largest absolute Gasteiger partial charge is 0.157 e. The Hall–Kier alpha value is -1.64. The van der Waals surface area contributed by atoms with Gasteiger partial charge in [-0.3, -0.25) is 0 Å². The van der Waals surface area contributed by atoms with Gasteiger partial charge in [0.25, 0.3) is 0 Å². The molecule has 0 atom stereocenters. The summed E-state index contributed by atoms with van der Waals surface area (Å²) in [7, 11) is 0. The topological polar surface area (TPSA) is 30.7 Å². The molecule has 3 nitrogen and oxygen atoms in total. The van der Waals surface area contributed by atoms with Crippen molar-refractivity contribution in [2.45, 2.75) is 20.8 Å². The summed E-state index contributed by atoms with van der Waals surface area (Å²) < 4.78 is 0. The number of nitrogens with zero attached hydrogens (tertiary/aromatic N) is 3. The summed E-state index contributed by atoms with van der Waals surface area (Å²) in [5.41, 5.74) is 2.21. The maximum Gasteiger partial charge on any atom is 0.0859 e. The molecule has 0 aliphatic carbocycles. The van der Waals surface area contributed by atoms with Crippen LogP contribution in [0.25, 0.3) is 5.69 Å². The Labute approximate surface area is 84.4 Å². The lowest BCUT2D eigenvalue weighted by molar-refractivity contribution is 0.751. The Balaban J connectivity index is 0.000000461. The Kier molecular flexibility index (Phi) is 3.85. The van der Waals surface area contributed by atoms with Crippen molar-refractivity contribution < 1.29 is 0 Å². The van der Waals surface area contributed by atoms with Gasteiger partial charge in [0.2, 0.25) is 0 Å². The van der Waals surface area contributed by atoms with E-state index in [9.17, 15) is 0 Å². The van der Waals surface area contributed by atoms with E-state index in [4.69, 9.17) is 0 Å². The van der Waals surface area contributed by atoms with Gasteiger partial charge >= 0.3 is 0 Å². The van der Waals surface area contributed by atoms with Gasteiger partial charge in [-0.05, 0) is 24.6 Å². The maximum absolute atomic E-state index is 4.03. The molecule has 1 heterocycles. The Bertz CT molecular complexity index is 366. The molecule has 3 heteroatoms. The summed E-state index contributed by atoms with van der Waals surface area (Å²) in [6.07, 6.45) is 3.34. The molecule has 0 saturated heterocycles. The molecule has 0 saturated carbocycles. The first-order valence-corrected chi connectivity index (χ1v) is 4.79. The molecule has 0 N–H and O–H groups in total. The molecule has 2 aromatic rings. The average Bonchev–Trinajstić information content (AvgIpc) is 2.74. The fourth-order valence-corrected chi connectivity index (χ4v) is 1.10. The maximum atomic E-state index is 4.03. The molecular formula is C11H15N3. The fraction of sp³-hybridized carbons (Fsp3) is 0.273. The minimum Gasteiger partial charge on any atom is -0.157 e. The predicted molar refractivity (Wildman–Crippen MR) is 57.4 cm³/mol. The number of aromatic nitrogens is 3. The molecule has 0 spiro atoms. The molecule has 0 fully saturated rings. The Morgan fingerprint density at radius 1 is 1.07 bits per heavy atom. The van der Waals surface area contributed by atoms with Gasteiger partial charge in [-0.2, -0.15) is 15.0 Å². The van der Waals surface area contributed by atoms with E-state index in [0.717, 1.165) is 5.69 Å². The Morgan fingerprint density at radius 3 is 2.29 bits per heavy atom. The molecule has 0 aliphatic rings. The van der Waals surface area contributed by atoms with Crippen LogP contribution in [0.2, 0.25) is 0 Å². The first-order valence-electron chi connectivity index (χ1n) is 4.79. The summed E-state index contributed by atoms with van der Waals surface area (Å²) >= 11 is 0. The van der Waals surface area contributed by atoms with Crippen LogP contribution in [0.5, 0.6) is 0 Å². The number of rotatable bonds is 1. The van der Waals surface area contributed by atoms with E-state index in [-0.39, 0.29) is 0 Å². The van der Waals surface area contributed by atoms with Crippen LogP contribution in [0.1, 0.15) is 19.4 Å². The van der Waals surface area contributed by atoms with Gasteiger partial charge in [-0.25, -0.2) is 0 Å². The van der Waals surface area contributed by atoms with Crippen molar-refractivity contribution in [3.05, 3.63) is 42.2 Å². The van der Waals surface area contributed by atoms with Crippen molar-refractivity contribution >= 4 is 0 Å². The summed E-state index contributed by atoms with van der Waals surface area (Å²) in [5.74, 6) is 0. The van der Waals surface area contributed by atoms with Crippen LogP contribution in [0.15, 0.2) is 36.7 Å². The first-order chi connectivity index (χ1) is 6.86. The highest BCUT2D eigenvalue weighted by molar-refractivity contribution is 5.32. The van der Waals surface area contributed by atoms with E-state index in [1.165, 1.54) is 5.56 Å². The van der Waals surface area contributed by atoms with Crippen molar-refractivity contribution in [3.63, 3.8) is 0 Å². The van der Waals surface area contributed by atoms with Crippen LogP contribution < -0.4 is 0 Å². The van der Waals surface area contributed by atoms with Crippen molar-refractivity contribution in [1.29, 1.82) is 0 Å². The molecule has 0 radical (unpaired) electrons. The highest BCUT2D eigenvalue weighted by atomic mass is 15.5. The molecule has 2 rings (SSSR count). The molecule has 0 bridgehead atoms. The number of hydrogen-bond donors (Lipinski definition) is 0. The fourth-order valence-electron chi connectivity index (χ4n) is 1.10. The quantitative estimate of drug-likeness (QED) is 0.690. The van der Waals surface area contributed by atoms with Crippen molar-refractivity contribution in [2.24, 2.45) is 0 Å². The molecule has 74 valence electrons. The molecule has 14 heavy (non-hydrogen) atoms. The summed E-state index contributed by atoms with van der Waals surface area (Å²) in [6.45, 7) is 6.05. The van der Waals surface area contributed by atoms with Crippen molar-refractivity contribution in [2.75, 3.05) is 0 Å². The zero-order valence-corrected chi connectivity index (χ0v) is 8.81. The molecule has 1 aromatic carbocycles. The second kappa shape index (κ2) is 5.17. The minimum absolute atomic E-state index is 1.00. The van der Waals surface area contributed by atoms with Gasteiger partial charge in [-0.1, -0.05) is 26.0 Å². The third-order valence-electron chi connectivity index (χ3n) is 1.65. The SMILES string of the molecule is CC.Cc1cccc(-n2nccn2)c1. The Morgan fingerprint density at radius 2 is 1.71 bits per heavy atom. The van der Waals surface area contributed by atoms with Crippen LogP contribution in [0, 0.1) is 6.92 Å². The van der Waals surface area contributed by atoms with Crippen LogP contribution in [0.4, 0.5) is 0 Å². The van der Waals surface area contributed by atoms with Gasteiger partial charge in [-0.15, -0.1) is 0 Å². The molecular weight excluding hydrogens is 174 g/mol. The van der Waals surface area contributed by atoms with E-state index in [1.807, 2.05) is 45.0 Å². The van der Waals surface area contributed by atoms with Gasteiger partial charge in [0.1, 0.15) is 0 Å². The standard InChI is InChI=1S/C9H9N3.C2H6/c1-8-3-2-4-9(7-8)12-10-5-6-11-12;1-2/h2-7H,1H3;1-2H3. The van der Waals surface area contributed by atoms with Crippen LogP contribution >= 0.6 is 0 Å². The zero-order valence-electron chi connectivity index (χ0n) is 8.81. The van der Waals surface area contributed by atoms with E-state index in [0.29, 0.717) is 0 Å². The van der Waals surface area contributed by atoms with E-state index < -0.39 is 0 Å². The third kappa shape index (κ3) is 2.42. The summed E-state index contributed by atoms with van der Waals surface area (Å²) in [4.78, 5) is 1.60. The highest BCUT2D eigenvalue weighted by Gasteiger charge is 1.95. The molecule has 0 unspecified atom stereocenters. The molecule has 1 aromatic heterocycles. The smallest absolute Gasteiger partial charge is 0.0859 e. The van der Waals surface area contributed by atoms with E-state index in [1.54, 1.807) is 17.2 Å². The average molecular weight is 189 g/mol. The van der Waals surface area contributed by atoms with Crippen LogP contribution in [-0.2, 0) is 0 Å². The van der Waals surface area contributed by atoms with Gasteiger partial charge in [0.05, 0.1) is 18.1 Å². The van der Waals surface area contributed by atoms with Crippen molar-refractivity contribution in [1.82, 2.24) is 15.0 Å². The number of hydrogen-bond acceptors (Lipinski definition) is 2. The minimum atomic E-state index is 1.00.